The summed E-state index contributed by atoms with van der Waals surface area (Å²) in [7, 11) is 9.60. The Morgan fingerprint density at radius 3 is 2.70 bits per heavy atom. The fourth-order valence-electron chi connectivity index (χ4n) is 3.52. The second-order valence-electron chi connectivity index (χ2n) is 7.22. The van der Waals surface area contributed by atoms with Crippen molar-refractivity contribution < 1.29 is 4.79 Å². The number of carbonyl (C=O) groups excluding carboxylic acids is 1. The van der Waals surface area contributed by atoms with E-state index < -0.39 is 0 Å². The van der Waals surface area contributed by atoms with Crippen molar-refractivity contribution in [1.82, 2.24) is 24.6 Å². The number of aryl methyl sites for hydroxylation is 1. The first kappa shape index (κ1) is 23.7. The van der Waals surface area contributed by atoms with E-state index >= 15 is 0 Å². The summed E-state index contributed by atoms with van der Waals surface area (Å²) in [6, 6.07) is 4.24. The zero-order valence-electron chi connectivity index (χ0n) is 17.3. The molecule has 8 heteroatoms. The molecule has 1 aromatic heterocycles. The van der Waals surface area contributed by atoms with E-state index in [4.69, 9.17) is 0 Å². The van der Waals surface area contributed by atoms with Gasteiger partial charge in [0.05, 0.1) is 12.6 Å². The summed E-state index contributed by atoms with van der Waals surface area (Å²) in [4.78, 5) is 22.8. The number of hydrogen-bond acceptors (Lipinski definition) is 3. The predicted octanol–water partition coefficient (Wildman–Crippen LogP) is 1.59. The number of likely N-dealkylation sites (N-methyl/N-ethyl adjacent to an activating group) is 1. The smallest absolute Gasteiger partial charge is 0.239 e. The van der Waals surface area contributed by atoms with E-state index in [1.54, 1.807) is 4.90 Å². The van der Waals surface area contributed by atoms with E-state index in [2.05, 4.69) is 57.1 Å². The van der Waals surface area contributed by atoms with Gasteiger partial charge in [0.1, 0.15) is 0 Å². The first-order chi connectivity index (χ1) is 12.4. The summed E-state index contributed by atoms with van der Waals surface area (Å²) in [5.74, 6) is 1.13. The summed E-state index contributed by atoms with van der Waals surface area (Å²) >= 11 is 0. The van der Waals surface area contributed by atoms with Crippen molar-refractivity contribution >= 4 is 35.8 Å². The molecule has 2 rings (SSSR count). The van der Waals surface area contributed by atoms with Gasteiger partial charge in [0, 0.05) is 60.2 Å². The van der Waals surface area contributed by atoms with Gasteiger partial charge in [0.25, 0.3) is 0 Å². The highest BCUT2D eigenvalue weighted by Gasteiger charge is 2.30. The van der Waals surface area contributed by atoms with Crippen LogP contribution in [0.2, 0.25) is 0 Å². The molecule has 1 unspecified atom stereocenters. The molecule has 0 aromatic carbocycles. The van der Waals surface area contributed by atoms with Crippen LogP contribution in [0.3, 0.4) is 0 Å². The number of hydrogen-bond donors (Lipinski definition) is 1. The lowest BCUT2D eigenvalue weighted by Crippen LogP contribution is -2.44. The van der Waals surface area contributed by atoms with Gasteiger partial charge in [-0.15, -0.1) is 24.0 Å². The highest BCUT2D eigenvalue weighted by molar-refractivity contribution is 14.0. The number of rotatable bonds is 7. The topological polar surface area (TPSA) is 56.1 Å². The Labute approximate surface area is 180 Å². The van der Waals surface area contributed by atoms with E-state index in [1.165, 1.54) is 5.69 Å². The molecule has 27 heavy (non-hydrogen) atoms. The first-order valence-electron chi connectivity index (χ1n) is 9.41. The van der Waals surface area contributed by atoms with Crippen LogP contribution in [0.25, 0.3) is 0 Å². The van der Waals surface area contributed by atoms with E-state index in [-0.39, 0.29) is 35.9 Å². The van der Waals surface area contributed by atoms with Crippen molar-refractivity contribution in [2.45, 2.75) is 31.8 Å². The Morgan fingerprint density at radius 1 is 1.37 bits per heavy atom. The standard InChI is InChI=1S/C19H34N6O.HI/c1-20-19(24(5)15-16-9-6-12-23(16)4)21-11-8-14-25-13-7-10-17(25)18(26)22(2)3;/h6,9,12,17H,7-8,10-11,13-15H2,1-5H3,(H,20,21);1H. The number of likely N-dealkylation sites (tertiary alicyclic amines) is 1. The van der Waals surface area contributed by atoms with Crippen LogP contribution in [-0.2, 0) is 18.4 Å². The van der Waals surface area contributed by atoms with Gasteiger partial charge in [-0.05, 0) is 37.9 Å². The van der Waals surface area contributed by atoms with Gasteiger partial charge >= 0.3 is 0 Å². The Hall–Kier alpha value is -1.29. The third kappa shape index (κ3) is 6.67. The number of halogens is 1. The van der Waals surface area contributed by atoms with Gasteiger partial charge in [-0.25, -0.2) is 0 Å². The van der Waals surface area contributed by atoms with Crippen LogP contribution in [0.4, 0.5) is 0 Å². The minimum absolute atomic E-state index is 0. The number of carbonyl (C=O) groups is 1. The predicted molar refractivity (Wildman–Crippen MR) is 122 cm³/mol. The Kier molecular flexibility index (Phi) is 10.1. The van der Waals surface area contributed by atoms with Gasteiger partial charge in [-0.2, -0.15) is 0 Å². The lowest BCUT2D eigenvalue weighted by molar-refractivity contribution is -0.133. The molecule has 0 saturated carbocycles. The normalized spacial score (nSPS) is 17.5. The van der Waals surface area contributed by atoms with E-state index in [1.807, 2.05) is 21.1 Å². The Balaban J connectivity index is 0.00000364. The SMILES string of the molecule is CN=C(NCCCN1CCCC1C(=O)N(C)C)N(C)Cc1cccn1C.I. The van der Waals surface area contributed by atoms with E-state index in [9.17, 15) is 4.79 Å². The zero-order chi connectivity index (χ0) is 19.1. The molecule has 1 atom stereocenters. The van der Waals surface area contributed by atoms with Crippen LogP contribution in [0.15, 0.2) is 23.3 Å². The molecule has 0 aliphatic carbocycles. The van der Waals surface area contributed by atoms with Gasteiger partial charge in [-0.1, -0.05) is 0 Å². The molecular formula is C19H35IN6O. The number of aromatic nitrogens is 1. The van der Waals surface area contributed by atoms with Crippen molar-refractivity contribution in [2.24, 2.45) is 12.0 Å². The maximum Gasteiger partial charge on any atom is 0.239 e. The molecule has 0 radical (unpaired) electrons. The first-order valence-corrected chi connectivity index (χ1v) is 9.41. The molecule has 154 valence electrons. The van der Waals surface area contributed by atoms with Crippen LogP contribution in [0.5, 0.6) is 0 Å². The van der Waals surface area contributed by atoms with Crippen LogP contribution in [0.1, 0.15) is 25.0 Å². The number of aliphatic imine (C=N–C) groups is 1. The van der Waals surface area contributed by atoms with Gasteiger partial charge in [0.15, 0.2) is 5.96 Å². The maximum atomic E-state index is 12.3. The number of guanidine groups is 1. The van der Waals surface area contributed by atoms with Crippen LogP contribution in [-0.4, -0.2) is 85.0 Å². The molecule has 1 amide bonds. The molecule has 1 aliphatic rings. The molecule has 7 nitrogen and oxygen atoms in total. The summed E-state index contributed by atoms with van der Waals surface area (Å²) in [6.07, 6.45) is 5.14. The summed E-state index contributed by atoms with van der Waals surface area (Å²) in [5, 5.41) is 3.44. The van der Waals surface area contributed by atoms with Crippen molar-refractivity contribution in [3.8, 4) is 0 Å². The summed E-state index contributed by atoms with van der Waals surface area (Å²) in [6.45, 7) is 3.63. The molecule has 1 N–H and O–H groups in total. The van der Waals surface area contributed by atoms with Crippen LogP contribution >= 0.6 is 24.0 Å². The third-order valence-electron chi connectivity index (χ3n) is 5.02. The van der Waals surface area contributed by atoms with Gasteiger partial charge < -0.3 is 19.7 Å². The quantitative estimate of drug-likeness (QED) is 0.273. The number of nitrogens with zero attached hydrogens (tertiary/aromatic N) is 5. The fraction of sp³-hybridized carbons (Fsp3) is 0.684. The minimum atomic E-state index is 0. The third-order valence-corrected chi connectivity index (χ3v) is 5.02. The monoisotopic (exact) mass is 490 g/mol. The number of amides is 1. The maximum absolute atomic E-state index is 12.3. The molecule has 1 aliphatic heterocycles. The largest absolute Gasteiger partial charge is 0.356 e. The van der Waals surface area contributed by atoms with Crippen molar-refractivity contribution in [2.75, 3.05) is 47.8 Å². The van der Waals surface area contributed by atoms with Crippen molar-refractivity contribution in [3.63, 3.8) is 0 Å². The molecular weight excluding hydrogens is 455 g/mol. The lowest BCUT2D eigenvalue weighted by Gasteiger charge is -2.26. The van der Waals surface area contributed by atoms with Crippen molar-refractivity contribution in [3.05, 3.63) is 24.0 Å². The van der Waals surface area contributed by atoms with Gasteiger partial charge in [-0.3, -0.25) is 14.7 Å². The number of nitrogens with one attached hydrogen (secondary N) is 1. The lowest BCUT2D eigenvalue weighted by atomic mass is 10.2. The minimum Gasteiger partial charge on any atom is -0.356 e. The zero-order valence-corrected chi connectivity index (χ0v) is 19.6. The van der Waals surface area contributed by atoms with Crippen LogP contribution < -0.4 is 5.32 Å². The van der Waals surface area contributed by atoms with E-state index in [0.717, 1.165) is 51.4 Å². The average molecular weight is 490 g/mol. The molecule has 2 heterocycles. The average Bonchev–Trinajstić information content (AvgIpc) is 3.23. The molecule has 1 fully saturated rings. The van der Waals surface area contributed by atoms with E-state index in [0.29, 0.717) is 0 Å². The molecule has 1 aromatic rings. The highest BCUT2D eigenvalue weighted by atomic mass is 127. The summed E-state index contributed by atoms with van der Waals surface area (Å²) in [5.41, 5.74) is 1.25. The Bertz CT molecular complexity index is 615. The van der Waals surface area contributed by atoms with Crippen LogP contribution in [0, 0.1) is 0 Å². The second kappa shape index (κ2) is 11.5. The Morgan fingerprint density at radius 2 is 2.11 bits per heavy atom. The molecule has 1 saturated heterocycles. The second-order valence-corrected chi connectivity index (χ2v) is 7.22. The van der Waals surface area contributed by atoms with Gasteiger partial charge in [0.2, 0.25) is 5.91 Å². The summed E-state index contributed by atoms with van der Waals surface area (Å²) < 4.78 is 2.12. The molecule has 0 spiro atoms. The highest BCUT2D eigenvalue weighted by Crippen LogP contribution is 2.18. The van der Waals surface area contributed by atoms with Crippen molar-refractivity contribution in [1.29, 1.82) is 0 Å². The molecule has 0 bridgehead atoms. The fourth-order valence-corrected chi connectivity index (χ4v) is 3.52.